The van der Waals surface area contributed by atoms with E-state index in [-0.39, 0.29) is 0 Å². The van der Waals surface area contributed by atoms with Crippen LogP contribution in [0.5, 0.6) is 0 Å². The molecule has 0 aliphatic heterocycles. The smallest absolute Gasteiger partial charge is 0.384 e. The van der Waals surface area contributed by atoms with Gasteiger partial charge in [0.1, 0.15) is 0 Å². The number of carbonyl (C=O) groups excluding carboxylic acids is 1. The van der Waals surface area contributed by atoms with Gasteiger partial charge in [0.15, 0.2) is 0 Å². The Labute approximate surface area is 80.8 Å². The van der Waals surface area contributed by atoms with Crippen LogP contribution >= 0.6 is 22.6 Å². The van der Waals surface area contributed by atoms with Crippen molar-refractivity contribution >= 4 is 28.6 Å². The number of esters is 1. The standard InChI is InChI=1S/C8H11IO2/c1-2-3-7-11-8(10)5-4-6-9/h2-3,6-7H2,1H3. The zero-order chi connectivity index (χ0) is 8.53. The van der Waals surface area contributed by atoms with Gasteiger partial charge in [0.25, 0.3) is 0 Å². The maximum atomic E-state index is 10.7. The van der Waals surface area contributed by atoms with Gasteiger partial charge < -0.3 is 4.74 Å². The molecule has 0 atom stereocenters. The van der Waals surface area contributed by atoms with Crippen molar-refractivity contribution in [3.63, 3.8) is 0 Å². The maximum absolute atomic E-state index is 10.7. The molecule has 2 nitrogen and oxygen atoms in total. The van der Waals surface area contributed by atoms with Crippen LogP contribution in [-0.4, -0.2) is 17.0 Å². The van der Waals surface area contributed by atoms with Crippen molar-refractivity contribution in [1.82, 2.24) is 0 Å². The van der Waals surface area contributed by atoms with Crippen LogP contribution < -0.4 is 0 Å². The van der Waals surface area contributed by atoms with Gasteiger partial charge in [-0.1, -0.05) is 41.9 Å². The van der Waals surface area contributed by atoms with Crippen LogP contribution in [0.15, 0.2) is 0 Å². The first-order valence-corrected chi connectivity index (χ1v) is 5.05. The highest BCUT2D eigenvalue weighted by atomic mass is 127. The molecule has 0 spiro atoms. The Morgan fingerprint density at radius 3 is 2.91 bits per heavy atom. The van der Waals surface area contributed by atoms with E-state index in [4.69, 9.17) is 4.74 Å². The third kappa shape index (κ3) is 7.66. The normalized spacial score (nSPS) is 8.18. The SMILES string of the molecule is CCCCOC(=O)C#CCI. The molecule has 0 fully saturated rings. The van der Waals surface area contributed by atoms with E-state index >= 15 is 0 Å². The fourth-order valence-electron chi connectivity index (χ4n) is 0.451. The topological polar surface area (TPSA) is 26.3 Å². The molecule has 11 heavy (non-hydrogen) atoms. The summed E-state index contributed by atoms with van der Waals surface area (Å²) in [5, 5.41) is 0. The number of hydrogen-bond acceptors (Lipinski definition) is 2. The van der Waals surface area contributed by atoms with Crippen LogP contribution in [0.4, 0.5) is 0 Å². The molecular formula is C8H11IO2. The molecule has 0 rings (SSSR count). The molecule has 0 aromatic carbocycles. The minimum Gasteiger partial charge on any atom is -0.456 e. The van der Waals surface area contributed by atoms with Crippen molar-refractivity contribution in [3.05, 3.63) is 0 Å². The molecule has 0 saturated carbocycles. The number of halogens is 1. The van der Waals surface area contributed by atoms with E-state index in [1.54, 1.807) is 0 Å². The molecule has 0 N–H and O–H groups in total. The van der Waals surface area contributed by atoms with Crippen molar-refractivity contribution in [1.29, 1.82) is 0 Å². The number of hydrogen-bond donors (Lipinski definition) is 0. The van der Waals surface area contributed by atoms with E-state index in [1.165, 1.54) is 0 Å². The fourth-order valence-corrected chi connectivity index (χ4v) is 0.642. The summed E-state index contributed by atoms with van der Waals surface area (Å²) in [4.78, 5) is 10.7. The van der Waals surface area contributed by atoms with E-state index in [1.807, 2.05) is 6.92 Å². The quantitative estimate of drug-likeness (QED) is 0.194. The number of alkyl halides is 1. The van der Waals surface area contributed by atoms with Crippen molar-refractivity contribution in [2.24, 2.45) is 0 Å². The minimum atomic E-state index is -0.407. The molecule has 0 aliphatic rings. The highest BCUT2D eigenvalue weighted by molar-refractivity contribution is 14.1. The highest BCUT2D eigenvalue weighted by Crippen LogP contribution is 1.87. The van der Waals surface area contributed by atoms with E-state index in [9.17, 15) is 4.79 Å². The molecule has 0 amide bonds. The van der Waals surface area contributed by atoms with Gasteiger partial charge in [-0.3, -0.25) is 0 Å². The summed E-state index contributed by atoms with van der Waals surface area (Å²) in [7, 11) is 0. The van der Waals surface area contributed by atoms with Gasteiger partial charge in [0.2, 0.25) is 0 Å². The molecule has 0 saturated heterocycles. The molecule has 0 radical (unpaired) electrons. The third-order valence-corrected chi connectivity index (χ3v) is 1.37. The predicted octanol–water partition coefficient (Wildman–Crippen LogP) is 1.77. The van der Waals surface area contributed by atoms with Gasteiger partial charge in [-0.05, 0) is 6.42 Å². The lowest BCUT2D eigenvalue weighted by atomic mass is 10.4. The number of carbonyl (C=O) groups is 1. The largest absolute Gasteiger partial charge is 0.456 e. The average molecular weight is 266 g/mol. The zero-order valence-electron chi connectivity index (χ0n) is 6.52. The van der Waals surface area contributed by atoms with E-state index < -0.39 is 5.97 Å². The second kappa shape index (κ2) is 7.86. The van der Waals surface area contributed by atoms with E-state index in [0.29, 0.717) is 11.0 Å². The van der Waals surface area contributed by atoms with Crippen molar-refractivity contribution in [2.45, 2.75) is 19.8 Å². The Morgan fingerprint density at radius 1 is 1.64 bits per heavy atom. The van der Waals surface area contributed by atoms with Crippen LogP contribution in [-0.2, 0) is 9.53 Å². The predicted molar refractivity (Wildman–Crippen MR) is 52.5 cm³/mol. The summed E-state index contributed by atoms with van der Waals surface area (Å²) in [5.41, 5.74) is 0. The Kier molecular flexibility index (Phi) is 7.69. The lowest BCUT2D eigenvalue weighted by molar-refractivity contribution is -0.136. The molecular weight excluding hydrogens is 255 g/mol. The molecule has 0 aromatic heterocycles. The second-order valence-electron chi connectivity index (χ2n) is 1.92. The first kappa shape index (κ1) is 10.8. The minimum absolute atomic E-state index is 0.407. The van der Waals surface area contributed by atoms with E-state index in [0.717, 1.165) is 12.8 Å². The Balaban J connectivity index is 3.37. The summed E-state index contributed by atoms with van der Waals surface area (Å²) in [6, 6.07) is 0. The summed E-state index contributed by atoms with van der Waals surface area (Å²) in [5.74, 6) is 4.60. The monoisotopic (exact) mass is 266 g/mol. The van der Waals surface area contributed by atoms with Crippen LogP contribution in [0.2, 0.25) is 0 Å². The van der Waals surface area contributed by atoms with Gasteiger partial charge >= 0.3 is 5.97 Å². The van der Waals surface area contributed by atoms with Crippen LogP contribution in [0.3, 0.4) is 0 Å². The molecule has 3 heteroatoms. The van der Waals surface area contributed by atoms with Gasteiger partial charge in [0.05, 0.1) is 11.0 Å². The number of ether oxygens (including phenoxy) is 1. The summed E-state index contributed by atoms with van der Waals surface area (Å²) >= 11 is 2.08. The highest BCUT2D eigenvalue weighted by Gasteiger charge is 1.93. The number of rotatable bonds is 3. The summed E-state index contributed by atoms with van der Waals surface area (Å²) in [6.45, 7) is 2.54. The first-order valence-electron chi connectivity index (χ1n) is 3.52. The number of unbranched alkanes of at least 4 members (excludes halogenated alkanes) is 1. The second-order valence-corrected chi connectivity index (χ2v) is 2.69. The fraction of sp³-hybridized carbons (Fsp3) is 0.625. The molecule has 0 aromatic rings. The third-order valence-electron chi connectivity index (χ3n) is 0.988. The molecule has 0 unspecified atom stereocenters. The van der Waals surface area contributed by atoms with E-state index in [2.05, 4.69) is 34.4 Å². The van der Waals surface area contributed by atoms with Crippen LogP contribution in [0.25, 0.3) is 0 Å². The molecule has 0 bridgehead atoms. The van der Waals surface area contributed by atoms with Crippen LogP contribution in [0, 0.1) is 11.8 Å². The first-order chi connectivity index (χ1) is 5.31. The van der Waals surface area contributed by atoms with Gasteiger partial charge in [0, 0.05) is 5.92 Å². The van der Waals surface area contributed by atoms with Crippen molar-refractivity contribution in [2.75, 3.05) is 11.0 Å². The summed E-state index contributed by atoms with van der Waals surface area (Å²) in [6.07, 6.45) is 1.95. The van der Waals surface area contributed by atoms with Gasteiger partial charge in [-0.25, -0.2) is 4.79 Å². The maximum Gasteiger partial charge on any atom is 0.384 e. The van der Waals surface area contributed by atoms with Crippen LogP contribution in [0.1, 0.15) is 19.8 Å². The lowest BCUT2D eigenvalue weighted by Crippen LogP contribution is -2.02. The zero-order valence-corrected chi connectivity index (χ0v) is 8.68. The van der Waals surface area contributed by atoms with Crippen molar-refractivity contribution in [3.8, 4) is 11.8 Å². The van der Waals surface area contributed by atoms with Gasteiger partial charge in [-0.15, -0.1) is 0 Å². The molecule has 62 valence electrons. The summed E-state index contributed by atoms with van der Waals surface area (Å²) < 4.78 is 5.44. The molecule has 0 heterocycles. The molecule has 0 aliphatic carbocycles. The Morgan fingerprint density at radius 2 is 2.36 bits per heavy atom. The van der Waals surface area contributed by atoms with Gasteiger partial charge in [-0.2, -0.15) is 0 Å². The lowest BCUT2D eigenvalue weighted by Gasteiger charge is -1.96. The average Bonchev–Trinajstić information content (AvgIpc) is 2.01. The van der Waals surface area contributed by atoms with Crippen molar-refractivity contribution < 1.29 is 9.53 Å². The Hall–Kier alpha value is -0.240. The Bertz CT molecular complexity index is 167.